The molecule has 4 N–H and O–H groups in total. The Morgan fingerprint density at radius 1 is 0.511 bits per heavy atom. The van der Waals surface area contributed by atoms with Crippen LogP contribution in [0.1, 0.15) is 0 Å². The monoisotopic (exact) mass is 674 g/mol. The number of ether oxygens (including phenoxy) is 2. The second-order valence-corrected chi connectivity index (χ2v) is 11.9. The Morgan fingerprint density at radius 2 is 0.867 bits per heavy atom. The van der Waals surface area contributed by atoms with Crippen LogP contribution < -0.4 is 20.9 Å². The summed E-state index contributed by atoms with van der Waals surface area (Å²) in [6.07, 6.45) is -5.09. The van der Waals surface area contributed by atoms with E-state index in [9.17, 15) is 26.3 Å². The summed E-state index contributed by atoms with van der Waals surface area (Å²) in [5.41, 5.74) is 17.7. The standard InChI is InChI=1S/C30H16F6N4O2S3/c31-27(32)29(35)41-15-5-1-13(2-6-15)17-9-11-19(43-17)21-23(37)24(38)22(26-25(21)39-45-40-26)20-12-10-18(44-20)14-3-7-16(8-4-14)42-30(36)28(33)34/h1-12H,37-38H2. The molecule has 15 heteroatoms. The van der Waals surface area contributed by atoms with Gasteiger partial charge in [-0.1, -0.05) is 0 Å². The lowest BCUT2D eigenvalue weighted by atomic mass is 10.0. The predicted molar refractivity (Wildman–Crippen MR) is 166 cm³/mol. The first kappa shape index (κ1) is 30.2. The molecule has 6 rings (SSSR count). The summed E-state index contributed by atoms with van der Waals surface area (Å²) in [6.45, 7) is 0. The molecule has 0 saturated heterocycles. The molecule has 6 nitrogen and oxygen atoms in total. The molecule has 228 valence electrons. The number of aromatic nitrogens is 2. The van der Waals surface area contributed by atoms with Crippen molar-refractivity contribution in [1.82, 2.24) is 8.75 Å². The number of rotatable bonds is 8. The number of nitrogens with two attached hydrogens (primary N) is 2. The molecule has 0 radical (unpaired) electrons. The normalized spacial score (nSPS) is 11.1. The highest BCUT2D eigenvalue weighted by molar-refractivity contribution is 7.19. The zero-order chi connectivity index (χ0) is 31.8. The molecule has 3 heterocycles. The minimum Gasteiger partial charge on any atom is -0.428 e. The Hall–Kier alpha value is -4.86. The molecular formula is C30H16F6N4O2S3. The molecule has 45 heavy (non-hydrogen) atoms. The van der Waals surface area contributed by atoms with E-state index >= 15 is 0 Å². The zero-order valence-electron chi connectivity index (χ0n) is 22.3. The van der Waals surface area contributed by atoms with Crippen LogP contribution in [0.5, 0.6) is 11.5 Å². The fourth-order valence-corrected chi connectivity index (χ4v) is 7.16. The van der Waals surface area contributed by atoms with Gasteiger partial charge in [0.15, 0.2) is 0 Å². The van der Waals surface area contributed by atoms with Crippen LogP contribution in [-0.4, -0.2) is 8.75 Å². The summed E-state index contributed by atoms with van der Waals surface area (Å²) in [5, 5.41) is 0. The van der Waals surface area contributed by atoms with Gasteiger partial charge in [0.1, 0.15) is 22.5 Å². The van der Waals surface area contributed by atoms with Gasteiger partial charge >= 0.3 is 24.2 Å². The third kappa shape index (κ3) is 5.96. The molecule has 6 aromatic rings. The van der Waals surface area contributed by atoms with Crippen LogP contribution in [0.4, 0.5) is 37.7 Å². The Balaban J connectivity index is 1.31. The number of nitrogens with zero attached hydrogens (tertiary/aromatic N) is 2. The minimum atomic E-state index is -2.55. The molecule has 0 bridgehead atoms. The molecule has 0 aliphatic rings. The maximum Gasteiger partial charge on any atom is 0.344 e. The first-order valence-electron chi connectivity index (χ1n) is 12.6. The van der Waals surface area contributed by atoms with Crippen molar-refractivity contribution >= 4 is 56.8 Å². The Morgan fingerprint density at radius 3 is 1.22 bits per heavy atom. The molecule has 0 fully saturated rings. The van der Waals surface area contributed by atoms with E-state index in [2.05, 4.69) is 18.2 Å². The summed E-state index contributed by atoms with van der Waals surface area (Å²) >= 11 is 3.80. The van der Waals surface area contributed by atoms with E-state index in [4.69, 9.17) is 11.5 Å². The molecular weight excluding hydrogens is 659 g/mol. The number of benzene rings is 3. The van der Waals surface area contributed by atoms with Gasteiger partial charge in [-0.25, -0.2) is 0 Å². The van der Waals surface area contributed by atoms with Crippen molar-refractivity contribution in [3.8, 4) is 53.3 Å². The van der Waals surface area contributed by atoms with E-state index < -0.39 is 24.2 Å². The molecule has 3 aromatic carbocycles. The van der Waals surface area contributed by atoms with Gasteiger partial charge in [-0.15, -0.1) is 22.7 Å². The lowest BCUT2D eigenvalue weighted by Gasteiger charge is -2.12. The Bertz CT molecular complexity index is 1950. The predicted octanol–water partition coefficient (Wildman–Crippen LogP) is 10.5. The van der Waals surface area contributed by atoms with Crippen molar-refractivity contribution in [3.63, 3.8) is 0 Å². The number of anilines is 2. The van der Waals surface area contributed by atoms with E-state index in [0.29, 0.717) is 33.5 Å². The number of hydrogen-bond acceptors (Lipinski definition) is 9. The summed E-state index contributed by atoms with van der Waals surface area (Å²) in [6, 6.07) is 15.5. The number of hydrogen-bond donors (Lipinski definition) is 2. The van der Waals surface area contributed by atoms with Crippen LogP contribution in [-0.2, 0) is 0 Å². The second-order valence-electron chi connectivity index (χ2n) is 9.19. The van der Waals surface area contributed by atoms with Crippen LogP contribution in [0.2, 0.25) is 0 Å². The van der Waals surface area contributed by atoms with Crippen molar-refractivity contribution in [2.75, 3.05) is 11.5 Å². The zero-order valence-corrected chi connectivity index (χ0v) is 24.7. The van der Waals surface area contributed by atoms with E-state index in [1.807, 2.05) is 24.3 Å². The molecule has 0 atom stereocenters. The van der Waals surface area contributed by atoms with Crippen LogP contribution in [0.25, 0.3) is 52.8 Å². The molecule has 0 amide bonds. The van der Waals surface area contributed by atoms with Gasteiger partial charge < -0.3 is 20.9 Å². The lowest BCUT2D eigenvalue weighted by Crippen LogP contribution is -2.00. The number of halogens is 6. The second kappa shape index (κ2) is 12.3. The number of thiophene rings is 2. The Labute approximate surface area is 262 Å². The SMILES string of the molecule is Nc1c(N)c(-c2ccc(-c3ccc(OC(F)=C(F)F)cc3)s2)c2nsnc2c1-c1ccc(-c2ccc(OC(F)=C(F)F)cc2)s1. The molecule has 0 spiro atoms. The molecule has 0 unspecified atom stereocenters. The number of fused-ring (bicyclic) bond motifs is 1. The molecule has 0 aliphatic heterocycles. The lowest BCUT2D eigenvalue weighted by molar-refractivity contribution is 0.241. The molecule has 3 aromatic heterocycles. The molecule has 0 saturated carbocycles. The first-order chi connectivity index (χ1) is 21.6. The van der Waals surface area contributed by atoms with Crippen molar-refractivity contribution < 1.29 is 35.8 Å². The highest BCUT2D eigenvalue weighted by Gasteiger charge is 2.24. The third-order valence-electron chi connectivity index (χ3n) is 6.49. The average molecular weight is 675 g/mol. The topological polar surface area (TPSA) is 96.3 Å². The van der Waals surface area contributed by atoms with Crippen molar-refractivity contribution in [2.45, 2.75) is 0 Å². The van der Waals surface area contributed by atoms with Gasteiger partial charge in [0.25, 0.3) is 0 Å². The van der Waals surface area contributed by atoms with E-state index in [0.717, 1.165) is 42.4 Å². The summed E-state index contributed by atoms with van der Waals surface area (Å²) < 4.78 is 93.7. The fraction of sp³-hybridized carbons (Fsp3) is 0. The van der Waals surface area contributed by atoms with Gasteiger partial charge in [0.2, 0.25) is 0 Å². The van der Waals surface area contributed by atoms with Crippen LogP contribution in [0.3, 0.4) is 0 Å². The summed E-state index contributed by atoms with van der Waals surface area (Å²) in [5.74, 6) is -0.158. The van der Waals surface area contributed by atoms with Gasteiger partial charge in [0, 0.05) is 30.6 Å². The maximum absolute atomic E-state index is 13.1. The number of nitrogen functional groups attached to an aromatic ring is 2. The van der Waals surface area contributed by atoms with E-state index in [1.54, 1.807) is 24.3 Å². The van der Waals surface area contributed by atoms with Gasteiger partial charge in [-0.05, 0) is 83.9 Å². The summed E-state index contributed by atoms with van der Waals surface area (Å²) in [7, 11) is 0. The smallest absolute Gasteiger partial charge is 0.344 e. The van der Waals surface area contributed by atoms with E-state index in [-0.39, 0.29) is 11.5 Å². The summed E-state index contributed by atoms with van der Waals surface area (Å²) in [4.78, 5) is 3.16. The van der Waals surface area contributed by atoms with Crippen LogP contribution in [0.15, 0.2) is 97.0 Å². The molecule has 0 aliphatic carbocycles. The highest BCUT2D eigenvalue weighted by atomic mass is 32.1. The average Bonchev–Trinajstić information content (AvgIpc) is 3.81. The van der Waals surface area contributed by atoms with Gasteiger partial charge in [-0.2, -0.15) is 35.1 Å². The maximum atomic E-state index is 13.1. The van der Waals surface area contributed by atoms with E-state index in [1.165, 1.54) is 46.9 Å². The fourth-order valence-electron chi connectivity index (χ4n) is 4.45. The van der Waals surface area contributed by atoms with Gasteiger partial charge in [-0.3, -0.25) is 0 Å². The first-order valence-corrected chi connectivity index (χ1v) is 15.0. The quantitative estimate of drug-likeness (QED) is 0.0948. The van der Waals surface area contributed by atoms with Gasteiger partial charge in [0.05, 0.1) is 23.1 Å². The van der Waals surface area contributed by atoms with Crippen LogP contribution in [0, 0.1) is 0 Å². The van der Waals surface area contributed by atoms with Crippen molar-refractivity contribution in [3.05, 3.63) is 97.0 Å². The van der Waals surface area contributed by atoms with Crippen molar-refractivity contribution in [2.24, 2.45) is 0 Å². The van der Waals surface area contributed by atoms with Crippen molar-refractivity contribution in [1.29, 1.82) is 0 Å². The highest BCUT2D eigenvalue weighted by Crippen LogP contribution is 2.49. The minimum absolute atomic E-state index is 0.0791. The third-order valence-corrected chi connectivity index (χ3v) is 9.32. The largest absolute Gasteiger partial charge is 0.428 e. The van der Waals surface area contributed by atoms with Crippen LogP contribution >= 0.6 is 34.4 Å². The Kier molecular flexibility index (Phi) is 8.22.